The van der Waals surface area contributed by atoms with E-state index in [4.69, 9.17) is 9.47 Å². The molecule has 1 aliphatic carbocycles. The van der Waals surface area contributed by atoms with Gasteiger partial charge in [0.1, 0.15) is 0 Å². The Labute approximate surface area is 164 Å². The monoisotopic (exact) mass is 376 g/mol. The molecule has 0 bridgehead atoms. The Bertz CT molecular complexity index is 534. The van der Waals surface area contributed by atoms with Crippen molar-refractivity contribution in [3.05, 3.63) is 35.9 Å². The van der Waals surface area contributed by atoms with Gasteiger partial charge in [-0.3, -0.25) is 9.89 Å². The first kappa shape index (κ1) is 21.7. The molecule has 1 aromatic rings. The van der Waals surface area contributed by atoms with Gasteiger partial charge in [-0.15, -0.1) is 0 Å². The SMILES string of the molecule is CN=C(NCCCOC(C)c1ccccc1)NCCN(CCOC)C1CC1. The van der Waals surface area contributed by atoms with E-state index < -0.39 is 0 Å². The van der Waals surface area contributed by atoms with E-state index in [-0.39, 0.29) is 6.10 Å². The van der Waals surface area contributed by atoms with Gasteiger partial charge in [0.15, 0.2) is 5.96 Å². The molecule has 0 aliphatic heterocycles. The van der Waals surface area contributed by atoms with Crippen LogP contribution < -0.4 is 10.6 Å². The fourth-order valence-corrected chi connectivity index (χ4v) is 3.02. The summed E-state index contributed by atoms with van der Waals surface area (Å²) in [6, 6.07) is 11.1. The summed E-state index contributed by atoms with van der Waals surface area (Å²) in [5.74, 6) is 0.855. The Balaban J connectivity index is 1.54. The molecule has 0 aromatic heterocycles. The number of hydrogen-bond donors (Lipinski definition) is 2. The summed E-state index contributed by atoms with van der Waals surface area (Å²) in [5.41, 5.74) is 1.22. The van der Waals surface area contributed by atoms with Crippen molar-refractivity contribution >= 4 is 5.96 Å². The van der Waals surface area contributed by atoms with E-state index in [0.717, 1.165) is 57.8 Å². The number of nitrogens with one attached hydrogen (secondary N) is 2. The minimum atomic E-state index is 0.129. The number of nitrogens with zero attached hydrogens (tertiary/aromatic N) is 2. The van der Waals surface area contributed by atoms with Crippen molar-refractivity contribution in [2.24, 2.45) is 4.99 Å². The zero-order valence-electron chi connectivity index (χ0n) is 17.1. The summed E-state index contributed by atoms with van der Waals surface area (Å²) >= 11 is 0. The highest BCUT2D eigenvalue weighted by atomic mass is 16.5. The maximum absolute atomic E-state index is 5.91. The molecule has 0 heterocycles. The molecule has 152 valence electrons. The number of guanidine groups is 1. The second-order valence-corrected chi connectivity index (χ2v) is 6.96. The Morgan fingerprint density at radius 2 is 1.89 bits per heavy atom. The molecule has 2 N–H and O–H groups in total. The van der Waals surface area contributed by atoms with E-state index in [1.807, 2.05) is 25.2 Å². The highest BCUT2D eigenvalue weighted by molar-refractivity contribution is 5.79. The molecular formula is C21H36N4O2. The number of ether oxygens (including phenoxy) is 2. The van der Waals surface area contributed by atoms with Gasteiger partial charge in [-0.05, 0) is 31.7 Å². The van der Waals surface area contributed by atoms with Crippen LogP contribution in [0.5, 0.6) is 0 Å². The van der Waals surface area contributed by atoms with E-state index in [1.54, 1.807) is 7.11 Å². The second-order valence-electron chi connectivity index (χ2n) is 6.96. The van der Waals surface area contributed by atoms with E-state index in [2.05, 4.69) is 39.6 Å². The first-order chi connectivity index (χ1) is 13.2. The maximum atomic E-state index is 5.91. The van der Waals surface area contributed by atoms with E-state index in [0.29, 0.717) is 0 Å². The molecular weight excluding hydrogens is 340 g/mol. The van der Waals surface area contributed by atoms with Crippen LogP contribution >= 0.6 is 0 Å². The summed E-state index contributed by atoms with van der Waals surface area (Å²) < 4.78 is 11.1. The third-order valence-corrected chi connectivity index (χ3v) is 4.81. The van der Waals surface area contributed by atoms with Gasteiger partial charge < -0.3 is 20.1 Å². The van der Waals surface area contributed by atoms with Crippen molar-refractivity contribution in [2.45, 2.75) is 38.3 Å². The van der Waals surface area contributed by atoms with Gasteiger partial charge in [-0.2, -0.15) is 0 Å². The Kier molecular flexibility index (Phi) is 10.2. The van der Waals surface area contributed by atoms with Crippen LogP contribution in [0.15, 0.2) is 35.3 Å². The highest BCUT2D eigenvalue weighted by Gasteiger charge is 2.28. The molecule has 2 rings (SSSR count). The number of rotatable bonds is 13. The summed E-state index contributed by atoms with van der Waals surface area (Å²) in [6.07, 6.45) is 3.71. The van der Waals surface area contributed by atoms with Crippen molar-refractivity contribution < 1.29 is 9.47 Å². The molecule has 1 atom stereocenters. The van der Waals surface area contributed by atoms with Crippen molar-refractivity contribution in [1.82, 2.24) is 15.5 Å². The maximum Gasteiger partial charge on any atom is 0.191 e. The normalized spacial score (nSPS) is 15.8. The Hall–Kier alpha value is -1.63. The van der Waals surface area contributed by atoms with Crippen LogP contribution in [0.2, 0.25) is 0 Å². The zero-order valence-corrected chi connectivity index (χ0v) is 17.1. The second kappa shape index (κ2) is 12.7. The minimum absolute atomic E-state index is 0.129. The Morgan fingerprint density at radius 3 is 2.56 bits per heavy atom. The van der Waals surface area contributed by atoms with Crippen molar-refractivity contribution in [1.29, 1.82) is 0 Å². The van der Waals surface area contributed by atoms with Gasteiger partial charge >= 0.3 is 0 Å². The number of hydrogen-bond acceptors (Lipinski definition) is 4. The standard InChI is InChI=1S/C21H36N4O2/c1-18(19-8-5-4-6-9-19)27-16-7-12-23-21(22-2)24-13-14-25(15-17-26-3)20-10-11-20/h4-6,8-9,18,20H,7,10-17H2,1-3H3,(H2,22,23,24). The van der Waals surface area contributed by atoms with E-state index >= 15 is 0 Å². The summed E-state index contributed by atoms with van der Waals surface area (Å²) in [7, 11) is 3.58. The third-order valence-electron chi connectivity index (χ3n) is 4.81. The molecule has 1 unspecified atom stereocenters. The molecule has 1 fully saturated rings. The lowest BCUT2D eigenvalue weighted by Gasteiger charge is -2.22. The average molecular weight is 377 g/mol. The molecule has 1 aromatic carbocycles. The molecule has 6 nitrogen and oxygen atoms in total. The number of methoxy groups -OCH3 is 1. The lowest BCUT2D eigenvalue weighted by molar-refractivity contribution is 0.0646. The van der Waals surface area contributed by atoms with Crippen LogP contribution in [0, 0.1) is 0 Å². The van der Waals surface area contributed by atoms with Gasteiger partial charge in [-0.1, -0.05) is 30.3 Å². The van der Waals surface area contributed by atoms with Crippen LogP contribution in [-0.2, 0) is 9.47 Å². The largest absolute Gasteiger partial charge is 0.383 e. The van der Waals surface area contributed by atoms with Crippen LogP contribution in [0.4, 0.5) is 0 Å². The van der Waals surface area contributed by atoms with Crippen molar-refractivity contribution in [2.75, 3.05) is 53.6 Å². The van der Waals surface area contributed by atoms with Crippen LogP contribution in [0.25, 0.3) is 0 Å². The zero-order chi connectivity index (χ0) is 19.3. The summed E-state index contributed by atoms with van der Waals surface area (Å²) in [4.78, 5) is 6.80. The molecule has 0 radical (unpaired) electrons. The van der Waals surface area contributed by atoms with Gasteiger partial charge in [0.2, 0.25) is 0 Å². The summed E-state index contributed by atoms with van der Waals surface area (Å²) in [5, 5.41) is 6.76. The molecule has 0 saturated heterocycles. The first-order valence-corrected chi connectivity index (χ1v) is 10.1. The molecule has 27 heavy (non-hydrogen) atoms. The van der Waals surface area contributed by atoms with Crippen LogP contribution in [0.1, 0.15) is 37.9 Å². The number of benzene rings is 1. The Morgan fingerprint density at radius 1 is 1.15 bits per heavy atom. The fraction of sp³-hybridized carbons (Fsp3) is 0.667. The lowest BCUT2D eigenvalue weighted by Crippen LogP contribution is -2.43. The fourth-order valence-electron chi connectivity index (χ4n) is 3.02. The average Bonchev–Trinajstić information content (AvgIpc) is 3.54. The van der Waals surface area contributed by atoms with E-state index in [9.17, 15) is 0 Å². The van der Waals surface area contributed by atoms with Crippen LogP contribution in [-0.4, -0.2) is 70.5 Å². The van der Waals surface area contributed by atoms with Gasteiger partial charge in [0, 0.05) is 53.0 Å². The van der Waals surface area contributed by atoms with E-state index in [1.165, 1.54) is 18.4 Å². The lowest BCUT2D eigenvalue weighted by atomic mass is 10.1. The molecule has 1 saturated carbocycles. The minimum Gasteiger partial charge on any atom is -0.383 e. The molecule has 0 amide bonds. The quantitative estimate of drug-likeness (QED) is 0.315. The van der Waals surface area contributed by atoms with Gasteiger partial charge in [0.25, 0.3) is 0 Å². The predicted molar refractivity (Wildman–Crippen MR) is 111 cm³/mol. The first-order valence-electron chi connectivity index (χ1n) is 10.1. The highest BCUT2D eigenvalue weighted by Crippen LogP contribution is 2.25. The molecule has 1 aliphatic rings. The molecule has 0 spiro atoms. The topological polar surface area (TPSA) is 58.1 Å². The predicted octanol–water partition coefficient (Wildman–Crippen LogP) is 2.43. The van der Waals surface area contributed by atoms with Gasteiger partial charge in [-0.25, -0.2) is 0 Å². The van der Waals surface area contributed by atoms with Gasteiger partial charge in [0.05, 0.1) is 12.7 Å². The number of aliphatic imine (C=N–C) groups is 1. The van der Waals surface area contributed by atoms with Crippen molar-refractivity contribution in [3.63, 3.8) is 0 Å². The summed E-state index contributed by atoms with van der Waals surface area (Å²) in [6.45, 7) is 7.38. The molecule has 6 heteroatoms. The third kappa shape index (κ3) is 8.73. The van der Waals surface area contributed by atoms with Crippen LogP contribution in [0.3, 0.4) is 0 Å². The smallest absolute Gasteiger partial charge is 0.191 e. The van der Waals surface area contributed by atoms with Crippen molar-refractivity contribution in [3.8, 4) is 0 Å².